The second-order valence-electron chi connectivity index (χ2n) is 4.72. The number of halogens is 3. The van der Waals surface area contributed by atoms with Crippen molar-refractivity contribution in [3.05, 3.63) is 34.3 Å². The zero-order valence-electron chi connectivity index (χ0n) is 10.8. The summed E-state index contributed by atoms with van der Waals surface area (Å²) in [5.74, 6) is -2.05. The Morgan fingerprint density at radius 3 is 2.80 bits per heavy atom. The molecule has 0 heterocycles. The second-order valence-corrected chi connectivity index (χ2v) is 5.15. The number of ketones is 1. The van der Waals surface area contributed by atoms with Crippen LogP contribution < -0.4 is 0 Å². The highest BCUT2D eigenvalue weighted by molar-refractivity contribution is 6.31. The Morgan fingerprint density at radius 2 is 2.20 bits per heavy atom. The van der Waals surface area contributed by atoms with E-state index in [1.165, 1.54) is 18.2 Å². The minimum absolute atomic E-state index is 0.0116. The molecule has 6 heteroatoms. The van der Waals surface area contributed by atoms with Crippen molar-refractivity contribution in [2.75, 3.05) is 6.61 Å². The van der Waals surface area contributed by atoms with E-state index >= 15 is 0 Å². The van der Waals surface area contributed by atoms with Crippen LogP contribution >= 0.6 is 11.6 Å². The Labute approximate surface area is 119 Å². The van der Waals surface area contributed by atoms with Crippen molar-refractivity contribution in [2.24, 2.45) is 5.41 Å². The van der Waals surface area contributed by atoms with Crippen LogP contribution in [0.3, 0.4) is 0 Å². The van der Waals surface area contributed by atoms with Crippen LogP contribution in [0.25, 0.3) is 0 Å². The van der Waals surface area contributed by atoms with Crippen LogP contribution in [0.2, 0.25) is 5.02 Å². The van der Waals surface area contributed by atoms with E-state index in [0.29, 0.717) is 17.0 Å². The standard InChI is InChI=1S/C14H13ClF2O3/c1-2-5-20-13(19)14(12(16)17)7-8-6-9(15)3-4-10(8)11(14)18/h3-4,6,12H,2,5,7H2,1H3. The first kappa shape index (κ1) is 14.9. The summed E-state index contributed by atoms with van der Waals surface area (Å²) in [5.41, 5.74) is -1.96. The van der Waals surface area contributed by atoms with Gasteiger partial charge < -0.3 is 4.74 Å². The van der Waals surface area contributed by atoms with Gasteiger partial charge in [0.15, 0.2) is 11.2 Å². The summed E-state index contributed by atoms with van der Waals surface area (Å²) in [5, 5.41) is 0.337. The number of carbonyl (C=O) groups is 2. The van der Waals surface area contributed by atoms with Crippen molar-refractivity contribution >= 4 is 23.4 Å². The van der Waals surface area contributed by atoms with Gasteiger partial charge in [0.25, 0.3) is 6.43 Å². The van der Waals surface area contributed by atoms with E-state index in [9.17, 15) is 18.4 Å². The molecule has 0 amide bonds. The Morgan fingerprint density at radius 1 is 1.50 bits per heavy atom. The number of esters is 1. The third-order valence-corrected chi connectivity index (χ3v) is 3.60. The zero-order chi connectivity index (χ0) is 14.9. The minimum Gasteiger partial charge on any atom is -0.465 e. The number of benzene rings is 1. The molecule has 0 radical (unpaired) electrons. The van der Waals surface area contributed by atoms with Crippen LogP contribution in [-0.2, 0) is 16.0 Å². The highest BCUT2D eigenvalue weighted by Gasteiger charge is 2.59. The molecule has 0 bridgehead atoms. The van der Waals surface area contributed by atoms with E-state index in [2.05, 4.69) is 0 Å². The van der Waals surface area contributed by atoms with Gasteiger partial charge in [-0.15, -0.1) is 0 Å². The van der Waals surface area contributed by atoms with Crippen LogP contribution in [0.4, 0.5) is 8.78 Å². The van der Waals surface area contributed by atoms with Gasteiger partial charge in [0.2, 0.25) is 0 Å². The molecule has 1 atom stereocenters. The highest BCUT2D eigenvalue weighted by atomic mass is 35.5. The SMILES string of the molecule is CCCOC(=O)C1(C(F)F)Cc2cc(Cl)ccc2C1=O. The first-order valence-electron chi connectivity index (χ1n) is 6.22. The molecule has 1 aromatic rings. The average Bonchev–Trinajstić information content (AvgIpc) is 2.69. The molecule has 2 rings (SSSR count). The van der Waals surface area contributed by atoms with E-state index in [1.54, 1.807) is 6.92 Å². The minimum atomic E-state index is -3.12. The number of hydrogen-bond acceptors (Lipinski definition) is 3. The molecule has 1 aromatic carbocycles. The monoisotopic (exact) mass is 302 g/mol. The largest absolute Gasteiger partial charge is 0.465 e. The van der Waals surface area contributed by atoms with Crippen molar-refractivity contribution in [2.45, 2.75) is 26.2 Å². The van der Waals surface area contributed by atoms with Crippen LogP contribution in [0, 0.1) is 5.41 Å². The number of ether oxygens (including phenoxy) is 1. The summed E-state index contributed by atoms with van der Waals surface area (Å²) >= 11 is 5.79. The Balaban J connectivity index is 2.42. The topological polar surface area (TPSA) is 43.4 Å². The van der Waals surface area contributed by atoms with Crippen LogP contribution in [0.5, 0.6) is 0 Å². The van der Waals surface area contributed by atoms with Crippen molar-refractivity contribution in [3.63, 3.8) is 0 Å². The number of Topliss-reactive ketones (excluding diaryl/α,β-unsaturated/α-hetero) is 1. The third kappa shape index (κ3) is 2.20. The van der Waals surface area contributed by atoms with Crippen LogP contribution in [-0.4, -0.2) is 24.8 Å². The molecular weight excluding hydrogens is 290 g/mol. The highest BCUT2D eigenvalue weighted by Crippen LogP contribution is 2.43. The third-order valence-electron chi connectivity index (χ3n) is 3.36. The van der Waals surface area contributed by atoms with Gasteiger partial charge in [-0.3, -0.25) is 9.59 Å². The van der Waals surface area contributed by atoms with Gasteiger partial charge in [-0.25, -0.2) is 8.78 Å². The fourth-order valence-corrected chi connectivity index (χ4v) is 2.50. The average molecular weight is 303 g/mol. The maximum absolute atomic E-state index is 13.4. The second kappa shape index (κ2) is 5.48. The lowest BCUT2D eigenvalue weighted by atomic mass is 9.84. The van der Waals surface area contributed by atoms with Crippen molar-refractivity contribution in [1.82, 2.24) is 0 Å². The Bertz CT molecular complexity index is 559. The van der Waals surface area contributed by atoms with Crippen LogP contribution in [0.15, 0.2) is 18.2 Å². The number of hydrogen-bond donors (Lipinski definition) is 0. The van der Waals surface area contributed by atoms with Gasteiger partial charge in [-0.05, 0) is 30.2 Å². The number of rotatable bonds is 4. The van der Waals surface area contributed by atoms with Gasteiger partial charge in [-0.2, -0.15) is 0 Å². The van der Waals surface area contributed by atoms with Crippen LogP contribution in [0.1, 0.15) is 29.3 Å². The maximum atomic E-state index is 13.4. The van der Waals surface area contributed by atoms with Gasteiger partial charge >= 0.3 is 5.97 Å². The smallest absolute Gasteiger partial charge is 0.326 e. The molecule has 1 unspecified atom stereocenters. The summed E-state index contributed by atoms with van der Waals surface area (Å²) in [6.07, 6.45) is -2.99. The molecular formula is C14H13ClF2O3. The predicted molar refractivity (Wildman–Crippen MR) is 69.2 cm³/mol. The summed E-state index contributed by atoms with van der Waals surface area (Å²) < 4.78 is 31.7. The molecule has 0 fully saturated rings. The summed E-state index contributed by atoms with van der Waals surface area (Å²) in [4.78, 5) is 24.2. The normalized spacial score (nSPS) is 21.1. The maximum Gasteiger partial charge on any atom is 0.326 e. The molecule has 0 saturated heterocycles. The summed E-state index contributed by atoms with van der Waals surface area (Å²) in [6, 6.07) is 4.25. The number of fused-ring (bicyclic) bond motifs is 1. The molecule has 0 saturated carbocycles. The Hall–Kier alpha value is -1.49. The van der Waals surface area contributed by atoms with E-state index in [0.717, 1.165) is 0 Å². The van der Waals surface area contributed by atoms with Crippen molar-refractivity contribution < 1.29 is 23.1 Å². The number of alkyl halides is 2. The molecule has 20 heavy (non-hydrogen) atoms. The summed E-state index contributed by atoms with van der Waals surface area (Å²) in [7, 11) is 0. The fraction of sp³-hybridized carbons (Fsp3) is 0.429. The quantitative estimate of drug-likeness (QED) is 0.633. The first-order chi connectivity index (χ1) is 9.43. The van der Waals surface area contributed by atoms with Gasteiger partial charge in [-0.1, -0.05) is 18.5 Å². The molecule has 0 spiro atoms. The van der Waals surface area contributed by atoms with Crippen molar-refractivity contribution in [1.29, 1.82) is 0 Å². The lowest BCUT2D eigenvalue weighted by Crippen LogP contribution is -2.45. The van der Waals surface area contributed by atoms with E-state index in [1.807, 2.05) is 0 Å². The molecule has 1 aliphatic rings. The molecule has 0 aromatic heterocycles. The van der Waals surface area contributed by atoms with E-state index in [4.69, 9.17) is 16.3 Å². The van der Waals surface area contributed by atoms with Gasteiger partial charge in [0, 0.05) is 17.0 Å². The Kier molecular flexibility index (Phi) is 4.09. The lowest BCUT2D eigenvalue weighted by Gasteiger charge is -2.23. The van der Waals surface area contributed by atoms with Crippen molar-refractivity contribution in [3.8, 4) is 0 Å². The summed E-state index contributed by atoms with van der Waals surface area (Å²) in [6.45, 7) is 1.75. The van der Waals surface area contributed by atoms with E-state index < -0.39 is 23.6 Å². The molecule has 3 nitrogen and oxygen atoms in total. The predicted octanol–water partition coefficient (Wildman–Crippen LogP) is 3.28. The van der Waals surface area contributed by atoms with E-state index in [-0.39, 0.29) is 18.6 Å². The lowest BCUT2D eigenvalue weighted by molar-refractivity contribution is -0.160. The molecule has 0 N–H and O–H groups in total. The molecule has 1 aliphatic carbocycles. The van der Waals surface area contributed by atoms with Gasteiger partial charge in [0.05, 0.1) is 6.61 Å². The van der Waals surface area contributed by atoms with Gasteiger partial charge in [0.1, 0.15) is 0 Å². The molecule has 108 valence electrons. The molecule has 0 aliphatic heterocycles. The first-order valence-corrected chi connectivity index (χ1v) is 6.60. The fourth-order valence-electron chi connectivity index (χ4n) is 2.30. The zero-order valence-corrected chi connectivity index (χ0v) is 11.5. The number of carbonyl (C=O) groups excluding carboxylic acids is 2.